The van der Waals surface area contributed by atoms with Crippen molar-refractivity contribution in [2.24, 2.45) is 0 Å². The van der Waals surface area contributed by atoms with Gasteiger partial charge in [0.05, 0.1) is 19.6 Å². The summed E-state index contributed by atoms with van der Waals surface area (Å²) in [6.07, 6.45) is 0.416. The van der Waals surface area contributed by atoms with E-state index in [1.54, 1.807) is 7.11 Å². The van der Waals surface area contributed by atoms with Crippen molar-refractivity contribution in [2.45, 2.75) is 6.42 Å². The number of ether oxygens (including phenoxy) is 3. The number of rotatable bonds is 7. The molecule has 0 amide bonds. The second-order valence-corrected chi connectivity index (χ2v) is 4.35. The fourth-order valence-electron chi connectivity index (χ4n) is 1.80. The van der Waals surface area contributed by atoms with E-state index >= 15 is 0 Å². The Bertz CT molecular complexity index is 602. The van der Waals surface area contributed by atoms with Crippen LogP contribution in [0.25, 0.3) is 0 Å². The lowest BCUT2D eigenvalue weighted by molar-refractivity contribution is 0.216. The van der Waals surface area contributed by atoms with Crippen LogP contribution in [0.5, 0.6) is 17.2 Å². The Labute approximate surface area is 124 Å². The smallest absolute Gasteiger partial charge is 0.123 e. The Balaban J connectivity index is 1.75. The number of benzene rings is 2. The Hall–Kier alpha value is -2.67. The SMILES string of the molecule is COc1cccc(OCCOc2ccc(CC#N)cc2)c1. The molecule has 0 N–H and O–H groups in total. The number of nitriles is 1. The summed E-state index contributed by atoms with van der Waals surface area (Å²) < 4.78 is 16.3. The fourth-order valence-corrected chi connectivity index (χ4v) is 1.80. The molecule has 0 unspecified atom stereocenters. The summed E-state index contributed by atoms with van der Waals surface area (Å²) in [5.41, 5.74) is 0.984. The average Bonchev–Trinajstić information content (AvgIpc) is 2.53. The number of nitrogens with zero attached hydrogens (tertiary/aromatic N) is 1. The van der Waals surface area contributed by atoms with Gasteiger partial charge in [-0.2, -0.15) is 5.26 Å². The van der Waals surface area contributed by atoms with Crippen molar-refractivity contribution in [1.82, 2.24) is 0 Å². The van der Waals surface area contributed by atoms with E-state index in [2.05, 4.69) is 6.07 Å². The van der Waals surface area contributed by atoms with E-state index in [0.29, 0.717) is 19.6 Å². The Morgan fingerprint density at radius 3 is 2.24 bits per heavy atom. The maximum absolute atomic E-state index is 8.60. The van der Waals surface area contributed by atoms with E-state index in [9.17, 15) is 0 Å². The lowest BCUT2D eigenvalue weighted by Crippen LogP contribution is -2.09. The number of hydrogen-bond donors (Lipinski definition) is 0. The summed E-state index contributed by atoms with van der Waals surface area (Å²) in [5, 5.41) is 8.60. The highest BCUT2D eigenvalue weighted by molar-refractivity contribution is 5.32. The predicted molar refractivity (Wildman–Crippen MR) is 79.7 cm³/mol. The van der Waals surface area contributed by atoms with E-state index in [4.69, 9.17) is 19.5 Å². The molecule has 0 aliphatic heterocycles. The van der Waals surface area contributed by atoms with E-state index in [-0.39, 0.29) is 0 Å². The summed E-state index contributed by atoms with van der Waals surface area (Å²) in [7, 11) is 1.62. The van der Waals surface area contributed by atoms with Gasteiger partial charge in [0.2, 0.25) is 0 Å². The monoisotopic (exact) mass is 283 g/mol. The minimum atomic E-state index is 0.416. The molecule has 108 valence electrons. The van der Waals surface area contributed by atoms with Crippen molar-refractivity contribution in [1.29, 1.82) is 5.26 Å². The molecule has 0 aromatic heterocycles. The second kappa shape index (κ2) is 7.81. The maximum atomic E-state index is 8.60. The summed E-state index contributed by atoms with van der Waals surface area (Å²) in [6, 6.07) is 17.1. The maximum Gasteiger partial charge on any atom is 0.123 e. The van der Waals surface area contributed by atoms with E-state index in [0.717, 1.165) is 22.8 Å². The standard InChI is InChI=1S/C17H17NO3/c1-19-16-3-2-4-17(13-16)21-12-11-20-15-7-5-14(6-8-15)9-10-18/h2-8,13H,9,11-12H2,1H3. The summed E-state index contributed by atoms with van der Waals surface area (Å²) in [6.45, 7) is 0.905. The molecule has 0 spiro atoms. The molecule has 0 heterocycles. The zero-order chi connectivity index (χ0) is 14.9. The van der Waals surface area contributed by atoms with Crippen molar-refractivity contribution < 1.29 is 14.2 Å². The van der Waals surface area contributed by atoms with Crippen molar-refractivity contribution in [2.75, 3.05) is 20.3 Å². The van der Waals surface area contributed by atoms with Gasteiger partial charge in [-0.15, -0.1) is 0 Å². The molecule has 0 saturated carbocycles. The fraction of sp³-hybridized carbons (Fsp3) is 0.235. The first-order chi connectivity index (χ1) is 10.3. The van der Waals surface area contributed by atoms with E-state index in [1.165, 1.54) is 0 Å². The van der Waals surface area contributed by atoms with Crippen LogP contribution in [0.1, 0.15) is 5.56 Å². The van der Waals surface area contributed by atoms with Crippen LogP contribution in [0.15, 0.2) is 48.5 Å². The van der Waals surface area contributed by atoms with Crippen LogP contribution in [0, 0.1) is 11.3 Å². The van der Waals surface area contributed by atoms with Gasteiger partial charge in [0.25, 0.3) is 0 Å². The van der Waals surface area contributed by atoms with Gasteiger partial charge in [-0.1, -0.05) is 18.2 Å². The third-order valence-electron chi connectivity index (χ3n) is 2.87. The van der Waals surface area contributed by atoms with Gasteiger partial charge in [0.1, 0.15) is 30.5 Å². The molecule has 2 rings (SSSR count). The van der Waals surface area contributed by atoms with Crippen molar-refractivity contribution in [3.63, 3.8) is 0 Å². The molecule has 0 aliphatic carbocycles. The summed E-state index contributed by atoms with van der Waals surface area (Å²) in [4.78, 5) is 0. The summed E-state index contributed by atoms with van der Waals surface area (Å²) in [5.74, 6) is 2.29. The van der Waals surface area contributed by atoms with Gasteiger partial charge in [-0.25, -0.2) is 0 Å². The van der Waals surface area contributed by atoms with Gasteiger partial charge in [-0.3, -0.25) is 0 Å². The Morgan fingerprint density at radius 1 is 0.905 bits per heavy atom. The normalized spacial score (nSPS) is 9.71. The van der Waals surface area contributed by atoms with Crippen molar-refractivity contribution >= 4 is 0 Å². The minimum absolute atomic E-state index is 0.416. The predicted octanol–water partition coefficient (Wildman–Crippen LogP) is 3.22. The van der Waals surface area contributed by atoms with Gasteiger partial charge in [0.15, 0.2) is 0 Å². The molecule has 0 saturated heterocycles. The third kappa shape index (κ3) is 4.73. The van der Waals surface area contributed by atoms with Crippen LogP contribution < -0.4 is 14.2 Å². The highest BCUT2D eigenvalue weighted by atomic mass is 16.5. The molecule has 21 heavy (non-hydrogen) atoms. The quantitative estimate of drug-likeness (QED) is 0.732. The number of hydrogen-bond acceptors (Lipinski definition) is 4. The first kappa shape index (κ1) is 14.7. The molecule has 0 radical (unpaired) electrons. The second-order valence-electron chi connectivity index (χ2n) is 4.35. The molecular formula is C17H17NO3. The largest absolute Gasteiger partial charge is 0.497 e. The topological polar surface area (TPSA) is 51.5 Å². The van der Waals surface area contributed by atoms with Crippen molar-refractivity contribution in [3.05, 3.63) is 54.1 Å². The lowest BCUT2D eigenvalue weighted by Gasteiger charge is -2.09. The van der Waals surface area contributed by atoms with Gasteiger partial charge in [-0.05, 0) is 29.8 Å². The van der Waals surface area contributed by atoms with Crippen LogP contribution in [-0.2, 0) is 6.42 Å². The molecule has 0 fully saturated rings. The minimum Gasteiger partial charge on any atom is -0.497 e. The molecule has 0 atom stereocenters. The first-order valence-electron chi connectivity index (χ1n) is 6.67. The third-order valence-corrected chi connectivity index (χ3v) is 2.87. The molecule has 2 aromatic rings. The van der Waals surface area contributed by atoms with E-state index < -0.39 is 0 Å². The van der Waals surface area contributed by atoms with Crippen LogP contribution in [0.4, 0.5) is 0 Å². The molecule has 0 bridgehead atoms. The molecule has 4 heteroatoms. The van der Waals surface area contributed by atoms with Crippen LogP contribution in [0.3, 0.4) is 0 Å². The zero-order valence-electron chi connectivity index (χ0n) is 11.9. The van der Waals surface area contributed by atoms with Gasteiger partial charge < -0.3 is 14.2 Å². The molecule has 4 nitrogen and oxygen atoms in total. The molecular weight excluding hydrogens is 266 g/mol. The lowest BCUT2D eigenvalue weighted by atomic mass is 10.2. The average molecular weight is 283 g/mol. The van der Waals surface area contributed by atoms with Crippen LogP contribution in [-0.4, -0.2) is 20.3 Å². The van der Waals surface area contributed by atoms with Crippen LogP contribution in [0.2, 0.25) is 0 Å². The van der Waals surface area contributed by atoms with Gasteiger partial charge >= 0.3 is 0 Å². The highest BCUT2D eigenvalue weighted by Gasteiger charge is 1.98. The Kier molecular flexibility index (Phi) is 5.48. The first-order valence-corrected chi connectivity index (χ1v) is 6.67. The van der Waals surface area contributed by atoms with Gasteiger partial charge in [0, 0.05) is 6.07 Å². The molecule has 2 aromatic carbocycles. The zero-order valence-corrected chi connectivity index (χ0v) is 11.9. The van der Waals surface area contributed by atoms with E-state index in [1.807, 2.05) is 48.5 Å². The van der Waals surface area contributed by atoms with Crippen LogP contribution >= 0.6 is 0 Å². The molecule has 0 aliphatic rings. The number of methoxy groups -OCH3 is 1. The summed E-state index contributed by atoms with van der Waals surface area (Å²) >= 11 is 0. The Morgan fingerprint density at radius 2 is 1.57 bits per heavy atom. The highest BCUT2D eigenvalue weighted by Crippen LogP contribution is 2.18. The van der Waals surface area contributed by atoms with Crippen molar-refractivity contribution in [3.8, 4) is 23.3 Å².